The van der Waals surface area contributed by atoms with E-state index in [9.17, 15) is 14.0 Å². The molecule has 2 aliphatic rings. The third kappa shape index (κ3) is 6.16. The Hall–Kier alpha value is -2.45. The van der Waals surface area contributed by atoms with E-state index in [4.69, 9.17) is 9.47 Å². The molecular formula is C26H33FN2O4S. The average molecular weight is 489 g/mol. The Balaban J connectivity index is 1.49. The fourth-order valence-corrected chi connectivity index (χ4v) is 5.56. The molecule has 184 valence electrons. The zero-order chi connectivity index (χ0) is 24.1. The highest BCUT2D eigenvalue weighted by molar-refractivity contribution is 7.10. The number of ether oxygens (including phenoxy) is 2. The summed E-state index contributed by atoms with van der Waals surface area (Å²) in [5, 5.41) is 2.03. The summed E-state index contributed by atoms with van der Waals surface area (Å²) in [7, 11) is 0. The molecule has 2 aliphatic heterocycles. The highest BCUT2D eigenvalue weighted by Crippen LogP contribution is 2.34. The molecule has 2 amide bonds. The van der Waals surface area contributed by atoms with Gasteiger partial charge in [0.25, 0.3) is 0 Å². The van der Waals surface area contributed by atoms with Gasteiger partial charge in [0.05, 0.1) is 18.7 Å². The topological polar surface area (TPSA) is 59.1 Å². The molecule has 0 unspecified atom stereocenters. The average Bonchev–Trinajstić information content (AvgIpc) is 3.48. The molecule has 3 heterocycles. The van der Waals surface area contributed by atoms with E-state index in [1.807, 2.05) is 30.2 Å². The molecule has 1 aromatic carbocycles. The first-order chi connectivity index (χ1) is 16.4. The number of thiophene rings is 1. The fourth-order valence-electron chi connectivity index (χ4n) is 4.63. The molecule has 1 saturated heterocycles. The summed E-state index contributed by atoms with van der Waals surface area (Å²) in [6.07, 6.45) is 3.06. The van der Waals surface area contributed by atoms with Crippen molar-refractivity contribution in [2.24, 2.45) is 5.92 Å². The Morgan fingerprint density at radius 3 is 2.91 bits per heavy atom. The van der Waals surface area contributed by atoms with Gasteiger partial charge in [0.15, 0.2) is 0 Å². The molecule has 0 radical (unpaired) electrons. The number of nitrogens with zero attached hydrogens (tertiary/aromatic N) is 2. The van der Waals surface area contributed by atoms with Gasteiger partial charge in [-0.15, -0.1) is 11.3 Å². The normalized spacial score (nSPS) is 19.8. The molecule has 0 bridgehead atoms. The van der Waals surface area contributed by atoms with Gasteiger partial charge in [-0.05, 0) is 54.3 Å². The van der Waals surface area contributed by atoms with E-state index < -0.39 is 0 Å². The van der Waals surface area contributed by atoms with Crippen molar-refractivity contribution >= 4 is 23.2 Å². The lowest BCUT2D eigenvalue weighted by atomic mass is 10.00. The maximum atomic E-state index is 13.6. The summed E-state index contributed by atoms with van der Waals surface area (Å²) in [6, 6.07) is 7.78. The molecule has 2 atom stereocenters. The zero-order valence-corrected chi connectivity index (χ0v) is 20.7. The maximum absolute atomic E-state index is 13.6. The van der Waals surface area contributed by atoms with Crippen LogP contribution in [0.15, 0.2) is 35.7 Å². The molecule has 0 spiro atoms. The first kappa shape index (κ1) is 24.7. The van der Waals surface area contributed by atoms with E-state index >= 15 is 0 Å². The number of hydrogen-bond donors (Lipinski definition) is 0. The predicted octanol–water partition coefficient (Wildman–Crippen LogP) is 4.45. The van der Waals surface area contributed by atoms with Crippen molar-refractivity contribution in [2.75, 3.05) is 32.8 Å². The number of benzene rings is 1. The molecule has 1 aromatic heterocycles. The number of rotatable bonds is 9. The second kappa shape index (κ2) is 11.3. The lowest BCUT2D eigenvalue weighted by Gasteiger charge is -2.37. The van der Waals surface area contributed by atoms with Crippen LogP contribution in [0.2, 0.25) is 0 Å². The largest absolute Gasteiger partial charge is 0.491 e. The van der Waals surface area contributed by atoms with Crippen molar-refractivity contribution in [1.82, 2.24) is 9.80 Å². The number of fused-ring (bicyclic) bond motifs is 1. The monoisotopic (exact) mass is 488 g/mol. The summed E-state index contributed by atoms with van der Waals surface area (Å²) in [4.78, 5) is 31.3. The van der Waals surface area contributed by atoms with Crippen molar-refractivity contribution < 1.29 is 23.5 Å². The van der Waals surface area contributed by atoms with E-state index in [-0.39, 0.29) is 48.8 Å². The van der Waals surface area contributed by atoms with E-state index in [0.29, 0.717) is 31.9 Å². The van der Waals surface area contributed by atoms with Crippen LogP contribution >= 0.6 is 11.3 Å². The molecule has 2 aromatic rings. The van der Waals surface area contributed by atoms with Crippen LogP contribution in [0.1, 0.15) is 49.6 Å². The van der Waals surface area contributed by atoms with Crippen molar-refractivity contribution in [1.29, 1.82) is 0 Å². The molecular weight excluding hydrogens is 455 g/mol. The lowest BCUT2D eigenvalue weighted by Crippen LogP contribution is -2.49. The molecule has 34 heavy (non-hydrogen) atoms. The highest BCUT2D eigenvalue weighted by Gasteiger charge is 2.34. The van der Waals surface area contributed by atoms with Gasteiger partial charge in [-0.25, -0.2) is 4.39 Å². The van der Waals surface area contributed by atoms with Crippen LogP contribution in [0.3, 0.4) is 0 Å². The van der Waals surface area contributed by atoms with Crippen LogP contribution in [-0.2, 0) is 20.7 Å². The molecule has 8 heteroatoms. The van der Waals surface area contributed by atoms with Gasteiger partial charge in [0, 0.05) is 37.1 Å². The summed E-state index contributed by atoms with van der Waals surface area (Å²) in [5.41, 5.74) is 1.07. The minimum absolute atomic E-state index is 0.0131. The van der Waals surface area contributed by atoms with Crippen molar-refractivity contribution in [3.05, 3.63) is 52.0 Å². The molecule has 1 fully saturated rings. The van der Waals surface area contributed by atoms with E-state index in [0.717, 1.165) is 24.8 Å². The van der Waals surface area contributed by atoms with Gasteiger partial charge in [0.1, 0.15) is 18.2 Å². The summed E-state index contributed by atoms with van der Waals surface area (Å²) in [6.45, 7) is 5.98. The molecule has 0 saturated carbocycles. The Morgan fingerprint density at radius 2 is 2.18 bits per heavy atom. The number of amides is 2. The smallest absolute Gasteiger partial charge is 0.242 e. The first-order valence-electron chi connectivity index (χ1n) is 12.0. The fraction of sp³-hybridized carbons (Fsp3) is 0.538. The van der Waals surface area contributed by atoms with Crippen LogP contribution < -0.4 is 4.74 Å². The standard InChI is InChI=1S/C26H33FN2O4S/c1-18(2)13-25(30)28(15-21-7-4-11-32-21)16-26(31)29-10-8-24-22(9-12-34-24)23(29)17-33-20-6-3-5-19(27)14-20/h3,5-6,9,12,14,18,21,23H,4,7-8,10-11,13,15-17H2,1-2H3/t21-,23-/m1/s1. The summed E-state index contributed by atoms with van der Waals surface area (Å²) < 4.78 is 25.3. The SMILES string of the molecule is CC(C)CC(=O)N(CC(=O)N1CCc2sccc2[C@H]1COc1cccc(F)c1)C[C@H]1CCCO1. The Bertz CT molecular complexity index is 989. The molecule has 0 N–H and O–H groups in total. The second-order valence-electron chi connectivity index (χ2n) is 9.43. The molecule has 4 rings (SSSR count). The van der Waals surface area contributed by atoms with Crippen LogP contribution in [0, 0.1) is 11.7 Å². The van der Waals surface area contributed by atoms with E-state index in [2.05, 4.69) is 0 Å². The van der Waals surface area contributed by atoms with Gasteiger partial charge in [-0.2, -0.15) is 0 Å². The number of carbonyl (C=O) groups is 2. The van der Waals surface area contributed by atoms with Gasteiger partial charge in [-0.1, -0.05) is 19.9 Å². The third-order valence-corrected chi connectivity index (χ3v) is 7.33. The molecule has 6 nitrogen and oxygen atoms in total. The van der Waals surface area contributed by atoms with Gasteiger partial charge in [0.2, 0.25) is 11.8 Å². The summed E-state index contributed by atoms with van der Waals surface area (Å²) >= 11 is 1.68. The Kier molecular flexibility index (Phi) is 8.21. The van der Waals surface area contributed by atoms with Crippen molar-refractivity contribution in [2.45, 2.75) is 51.7 Å². The van der Waals surface area contributed by atoms with Gasteiger partial charge >= 0.3 is 0 Å². The van der Waals surface area contributed by atoms with Crippen LogP contribution in [0.5, 0.6) is 5.75 Å². The van der Waals surface area contributed by atoms with E-state index in [1.54, 1.807) is 28.4 Å². The quantitative estimate of drug-likeness (QED) is 0.524. The lowest BCUT2D eigenvalue weighted by molar-refractivity contribution is -0.144. The number of carbonyl (C=O) groups excluding carboxylic acids is 2. The van der Waals surface area contributed by atoms with Crippen LogP contribution in [-0.4, -0.2) is 60.6 Å². The van der Waals surface area contributed by atoms with Crippen LogP contribution in [0.25, 0.3) is 0 Å². The third-order valence-electron chi connectivity index (χ3n) is 6.33. The minimum atomic E-state index is -0.362. The zero-order valence-electron chi connectivity index (χ0n) is 19.9. The minimum Gasteiger partial charge on any atom is -0.491 e. The Morgan fingerprint density at radius 1 is 1.32 bits per heavy atom. The highest BCUT2D eigenvalue weighted by atomic mass is 32.1. The number of hydrogen-bond acceptors (Lipinski definition) is 5. The predicted molar refractivity (Wildman–Crippen MR) is 129 cm³/mol. The van der Waals surface area contributed by atoms with Gasteiger partial charge < -0.3 is 19.3 Å². The second-order valence-corrected chi connectivity index (χ2v) is 10.4. The maximum Gasteiger partial charge on any atom is 0.242 e. The van der Waals surface area contributed by atoms with Crippen molar-refractivity contribution in [3.8, 4) is 5.75 Å². The Labute approximate surface area is 204 Å². The molecule has 0 aliphatic carbocycles. The first-order valence-corrected chi connectivity index (χ1v) is 12.9. The van der Waals surface area contributed by atoms with E-state index in [1.165, 1.54) is 17.0 Å². The van der Waals surface area contributed by atoms with Gasteiger partial charge in [-0.3, -0.25) is 9.59 Å². The number of halogens is 1. The summed E-state index contributed by atoms with van der Waals surface area (Å²) in [5.74, 6) is 0.172. The van der Waals surface area contributed by atoms with Crippen LogP contribution in [0.4, 0.5) is 4.39 Å². The van der Waals surface area contributed by atoms with Crippen molar-refractivity contribution in [3.63, 3.8) is 0 Å².